The summed E-state index contributed by atoms with van der Waals surface area (Å²) in [5.41, 5.74) is 8.23. The molecule has 2 N–H and O–H groups in total. The summed E-state index contributed by atoms with van der Waals surface area (Å²) in [6, 6.07) is 2.17. The molecule has 1 aromatic heterocycles. The van der Waals surface area contributed by atoms with Gasteiger partial charge in [-0.25, -0.2) is 0 Å². The van der Waals surface area contributed by atoms with Crippen LogP contribution in [0, 0.1) is 0 Å². The second-order valence-electron chi connectivity index (χ2n) is 4.81. The van der Waals surface area contributed by atoms with Gasteiger partial charge in [-0.05, 0) is 19.9 Å². The molecule has 0 aliphatic carbocycles. The highest BCUT2D eigenvalue weighted by Crippen LogP contribution is 2.23. The van der Waals surface area contributed by atoms with E-state index in [9.17, 15) is 0 Å². The summed E-state index contributed by atoms with van der Waals surface area (Å²) in [6.45, 7) is 11.5. The molecule has 0 aliphatic heterocycles. The van der Waals surface area contributed by atoms with Crippen LogP contribution < -0.4 is 5.73 Å². The Kier molecular flexibility index (Phi) is 3.00. The van der Waals surface area contributed by atoms with E-state index in [1.807, 2.05) is 11.6 Å². The first-order valence-electron chi connectivity index (χ1n) is 5.20. The minimum Gasteiger partial charge on any atom is -0.323 e. The van der Waals surface area contributed by atoms with Crippen LogP contribution in [-0.4, -0.2) is 9.78 Å². The smallest absolute Gasteiger partial charge is 0.0681 e. The van der Waals surface area contributed by atoms with Crippen LogP contribution in [0.1, 0.15) is 52.0 Å². The monoisotopic (exact) mass is 195 g/mol. The fraction of sp³-hybridized carbons (Fsp3) is 0.727. The van der Waals surface area contributed by atoms with E-state index in [1.165, 1.54) is 0 Å². The molecule has 0 fully saturated rings. The van der Waals surface area contributed by atoms with Crippen LogP contribution >= 0.6 is 0 Å². The quantitative estimate of drug-likeness (QED) is 0.786. The zero-order chi connectivity index (χ0) is 10.9. The molecular weight excluding hydrogens is 174 g/mol. The number of nitrogens with two attached hydrogens (primary N) is 1. The molecule has 0 bridgehead atoms. The van der Waals surface area contributed by atoms with Gasteiger partial charge < -0.3 is 5.73 Å². The normalized spacial score (nSPS) is 14.4. The molecule has 0 spiro atoms. The Morgan fingerprint density at radius 2 is 2.07 bits per heavy atom. The van der Waals surface area contributed by atoms with Crippen molar-refractivity contribution >= 4 is 0 Å². The number of hydrogen-bond donors (Lipinski definition) is 1. The second-order valence-corrected chi connectivity index (χ2v) is 4.81. The van der Waals surface area contributed by atoms with E-state index in [1.54, 1.807) is 0 Å². The summed E-state index contributed by atoms with van der Waals surface area (Å²) in [7, 11) is 0. The zero-order valence-corrected chi connectivity index (χ0v) is 9.83. The van der Waals surface area contributed by atoms with Gasteiger partial charge in [0.1, 0.15) is 0 Å². The van der Waals surface area contributed by atoms with Crippen LogP contribution in [0.4, 0.5) is 0 Å². The largest absolute Gasteiger partial charge is 0.323 e. The highest BCUT2D eigenvalue weighted by atomic mass is 15.3. The van der Waals surface area contributed by atoms with Crippen molar-refractivity contribution in [3.8, 4) is 0 Å². The summed E-state index contributed by atoms with van der Waals surface area (Å²) in [5, 5.41) is 4.56. The minimum atomic E-state index is 0.0542. The molecule has 1 heterocycles. The van der Waals surface area contributed by atoms with Gasteiger partial charge in [0, 0.05) is 18.0 Å². The lowest BCUT2D eigenvalue weighted by Crippen LogP contribution is -2.13. The fourth-order valence-corrected chi connectivity index (χ4v) is 1.42. The molecule has 14 heavy (non-hydrogen) atoms. The average molecular weight is 195 g/mol. The Balaban J connectivity index is 3.13. The summed E-state index contributed by atoms with van der Waals surface area (Å²) in [5.74, 6) is 0. The van der Waals surface area contributed by atoms with Gasteiger partial charge in [-0.3, -0.25) is 4.68 Å². The van der Waals surface area contributed by atoms with Crippen molar-refractivity contribution in [3.63, 3.8) is 0 Å². The van der Waals surface area contributed by atoms with Crippen LogP contribution in [0.5, 0.6) is 0 Å². The standard InChI is InChI=1S/C11H21N3/c1-6-14-9(8(2)12)7-10(13-14)11(3,4)5/h7-8H,6,12H2,1-5H3. The van der Waals surface area contributed by atoms with E-state index in [0.29, 0.717) is 0 Å². The minimum absolute atomic E-state index is 0.0542. The lowest BCUT2D eigenvalue weighted by atomic mass is 9.92. The van der Waals surface area contributed by atoms with E-state index in [2.05, 4.69) is 38.9 Å². The molecule has 0 aromatic carbocycles. The van der Waals surface area contributed by atoms with Crippen LogP contribution in [0.3, 0.4) is 0 Å². The van der Waals surface area contributed by atoms with Crippen molar-refractivity contribution in [2.75, 3.05) is 0 Å². The molecule has 0 saturated heterocycles. The molecule has 80 valence electrons. The third kappa shape index (κ3) is 2.15. The first-order chi connectivity index (χ1) is 6.36. The molecule has 1 rings (SSSR count). The molecule has 1 aromatic rings. The molecule has 3 nitrogen and oxygen atoms in total. The molecule has 1 atom stereocenters. The van der Waals surface area contributed by atoms with Gasteiger partial charge in [0.2, 0.25) is 0 Å². The topological polar surface area (TPSA) is 43.8 Å². The van der Waals surface area contributed by atoms with E-state index < -0.39 is 0 Å². The van der Waals surface area contributed by atoms with Crippen molar-refractivity contribution in [1.29, 1.82) is 0 Å². The first-order valence-corrected chi connectivity index (χ1v) is 5.20. The van der Waals surface area contributed by atoms with Gasteiger partial charge in [0.15, 0.2) is 0 Å². The van der Waals surface area contributed by atoms with E-state index in [-0.39, 0.29) is 11.5 Å². The molecular formula is C11H21N3. The van der Waals surface area contributed by atoms with Crippen LogP contribution in [0.15, 0.2) is 6.07 Å². The Labute approximate surface area is 86.3 Å². The van der Waals surface area contributed by atoms with Crippen LogP contribution in [-0.2, 0) is 12.0 Å². The third-order valence-electron chi connectivity index (χ3n) is 2.35. The predicted molar refractivity (Wildman–Crippen MR) is 59.2 cm³/mol. The Hall–Kier alpha value is -0.830. The number of nitrogens with zero attached hydrogens (tertiary/aromatic N) is 2. The maximum Gasteiger partial charge on any atom is 0.0681 e. The van der Waals surface area contributed by atoms with Crippen molar-refractivity contribution in [3.05, 3.63) is 17.5 Å². The van der Waals surface area contributed by atoms with Crippen molar-refractivity contribution in [1.82, 2.24) is 9.78 Å². The third-order valence-corrected chi connectivity index (χ3v) is 2.35. The van der Waals surface area contributed by atoms with Crippen molar-refractivity contribution < 1.29 is 0 Å². The highest BCUT2D eigenvalue weighted by molar-refractivity contribution is 5.19. The molecule has 0 aliphatic rings. The molecule has 0 radical (unpaired) electrons. The van der Waals surface area contributed by atoms with Crippen molar-refractivity contribution in [2.24, 2.45) is 5.73 Å². The lowest BCUT2D eigenvalue weighted by Gasteiger charge is -2.14. The predicted octanol–water partition coefficient (Wildman–Crippen LogP) is 2.22. The summed E-state index contributed by atoms with van der Waals surface area (Å²) >= 11 is 0. The fourth-order valence-electron chi connectivity index (χ4n) is 1.42. The number of hydrogen-bond acceptors (Lipinski definition) is 2. The Morgan fingerprint density at radius 1 is 1.50 bits per heavy atom. The second kappa shape index (κ2) is 3.73. The number of aromatic nitrogens is 2. The van der Waals surface area contributed by atoms with Gasteiger partial charge in [-0.2, -0.15) is 5.10 Å². The van der Waals surface area contributed by atoms with Gasteiger partial charge >= 0.3 is 0 Å². The summed E-state index contributed by atoms with van der Waals surface area (Å²) in [6.07, 6.45) is 0. The maximum absolute atomic E-state index is 5.89. The molecule has 0 saturated carbocycles. The van der Waals surface area contributed by atoms with E-state index in [0.717, 1.165) is 17.9 Å². The molecule has 1 unspecified atom stereocenters. The van der Waals surface area contributed by atoms with E-state index in [4.69, 9.17) is 5.73 Å². The zero-order valence-electron chi connectivity index (χ0n) is 9.83. The van der Waals surface area contributed by atoms with Crippen LogP contribution in [0.25, 0.3) is 0 Å². The van der Waals surface area contributed by atoms with E-state index >= 15 is 0 Å². The van der Waals surface area contributed by atoms with Gasteiger partial charge in [0.25, 0.3) is 0 Å². The van der Waals surface area contributed by atoms with Gasteiger partial charge in [-0.15, -0.1) is 0 Å². The summed E-state index contributed by atoms with van der Waals surface area (Å²) in [4.78, 5) is 0. The Bertz CT molecular complexity index is 305. The lowest BCUT2D eigenvalue weighted by molar-refractivity contribution is 0.530. The first kappa shape index (κ1) is 11.2. The maximum atomic E-state index is 5.89. The van der Waals surface area contributed by atoms with Crippen molar-refractivity contribution in [2.45, 2.75) is 52.6 Å². The number of rotatable bonds is 2. The average Bonchev–Trinajstić information content (AvgIpc) is 2.45. The summed E-state index contributed by atoms with van der Waals surface area (Å²) < 4.78 is 1.99. The SMILES string of the molecule is CCn1nc(C(C)(C)C)cc1C(C)N. The highest BCUT2D eigenvalue weighted by Gasteiger charge is 2.20. The van der Waals surface area contributed by atoms with Gasteiger partial charge in [-0.1, -0.05) is 20.8 Å². The molecule has 3 heteroatoms. The van der Waals surface area contributed by atoms with Gasteiger partial charge in [0.05, 0.1) is 11.4 Å². The van der Waals surface area contributed by atoms with Crippen LogP contribution in [0.2, 0.25) is 0 Å². The Morgan fingerprint density at radius 3 is 2.36 bits per heavy atom. The molecule has 0 amide bonds. The number of aryl methyl sites for hydroxylation is 1.